The SMILES string of the molecule is CC(=CCCC(C)=CC(=O)N1CCN(Cc2ccc3c(c2)OCO3)CC1)CO. The summed E-state index contributed by atoms with van der Waals surface area (Å²) < 4.78 is 10.8. The molecular formula is C22H30N2O4. The quantitative estimate of drug-likeness (QED) is 0.577. The second-order valence-electron chi connectivity index (χ2n) is 7.53. The highest BCUT2D eigenvalue weighted by atomic mass is 16.7. The van der Waals surface area contributed by atoms with E-state index in [1.54, 1.807) is 6.08 Å². The van der Waals surface area contributed by atoms with Crippen LogP contribution in [0.4, 0.5) is 0 Å². The summed E-state index contributed by atoms with van der Waals surface area (Å²) in [6.45, 7) is 8.37. The Bertz CT molecular complexity index is 749. The molecule has 152 valence electrons. The molecule has 1 saturated heterocycles. The van der Waals surface area contributed by atoms with Crippen LogP contribution in [-0.2, 0) is 11.3 Å². The highest BCUT2D eigenvalue weighted by molar-refractivity contribution is 5.88. The maximum Gasteiger partial charge on any atom is 0.246 e. The fourth-order valence-corrected chi connectivity index (χ4v) is 3.41. The van der Waals surface area contributed by atoms with E-state index in [0.717, 1.165) is 68.2 Å². The lowest BCUT2D eigenvalue weighted by atomic mass is 10.1. The van der Waals surface area contributed by atoms with Gasteiger partial charge in [-0.2, -0.15) is 0 Å². The smallest absolute Gasteiger partial charge is 0.246 e. The Morgan fingerprint density at radius 1 is 1.11 bits per heavy atom. The average molecular weight is 386 g/mol. The molecule has 6 heteroatoms. The number of nitrogens with zero attached hydrogens (tertiary/aromatic N) is 2. The van der Waals surface area contributed by atoms with Crippen LogP contribution < -0.4 is 9.47 Å². The minimum Gasteiger partial charge on any atom is -0.454 e. The molecule has 1 aromatic carbocycles. The number of aliphatic hydroxyl groups excluding tert-OH is 1. The van der Waals surface area contributed by atoms with E-state index < -0.39 is 0 Å². The summed E-state index contributed by atoms with van der Waals surface area (Å²) in [7, 11) is 0. The van der Waals surface area contributed by atoms with Gasteiger partial charge in [0.2, 0.25) is 12.7 Å². The maximum atomic E-state index is 12.5. The number of amides is 1. The van der Waals surface area contributed by atoms with Gasteiger partial charge in [0.05, 0.1) is 6.61 Å². The van der Waals surface area contributed by atoms with Gasteiger partial charge in [0.1, 0.15) is 0 Å². The van der Waals surface area contributed by atoms with Gasteiger partial charge in [0.15, 0.2) is 11.5 Å². The Balaban J connectivity index is 1.44. The van der Waals surface area contributed by atoms with E-state index in [4.69, 9.17) is 14.6 Å². The second-order valence-corrected chi connectivity index (χ2v) is 7.53. The third-order valence-corrected chi connectivity index (χ3v) is 5.18. The first-order valence-electron chi connectivity index (χ1n) is 9.88. The molecule has 2 heterocycles. The molecule has 1 fully saturated rings. The van der Waals surface area contributed by atoms with E-state index in [-0.39, 0.29) is 12.5 Å². The topological polar surface area (TPSA) is 62.2 Å². The molecule has 0 spiro atoms. The minimum absolute atomic E-state index is 0.0955. The van der Waals surface area contributed by atoms with Crippen molar-refractivity contribution in [1.82, 2.24) is 9.80 Å². The summed E-state index contributed by atoms with van der Waals surface area (Å²) in [6.07, 6.45) is 5.48. The van der Waals surface area contributed by atoms with E-state index in [0.29, 0.717) is 6.79 Å². The van der Waals surface area contributed by atoms with Gasteiger partial charge in [-0.1, -0.05) is 23.3 Å². The van der Waals surface area contributed by atoms with Crippen LogP contribution in [0.2, 0.25) is 0 Å². The molecule has 0 atom stereocenters. The van der Waals surface area contributed by atoms with Gasteiger partial charge in [-0.05, 0) is 44.4 Å². The first kappa shape index (κ1) is 20.4. The normalized spacial score (nSPS) is 17.9. The van der Waals surface area contributed by atoms with Crippen LogP contribution in [0.15, 0.2) is 41.5 Å². The molecule has 2 aliphatic rings. The summed E-state index contributed by atoms with van der Waals surface area (Å²) in [5, 5.41) is 9.01. The largest absolute Gasteiger partial charge is 0.454 e. The summed E-state index contributed by atoms with van der Waals surface area (Å²) >= 11 is 0. The number of carbonyl (C=O) groups is 1. The predicted octanol–water partition coefficient (Wildman–Crippen LogP) is 2.72. The maximum absolute atomic E-state index is 12.5. The molecular weight excluding hydrogens is 356 g/mol. The number of piperazine rings is 1. The van der Waals surface area contributed by atoms with E-state index in [1.807, 2.05) is 37.0 Å². The molecule has 0 aliphatic carbocycles. The summed E-state index contributed by atoms with van der Waals surface area (Å²) in [4.78, 5) is 16.8. The van der Waals surface area contributed by atoms with Crippen LogP contribution in [0.1, 0.15) is 32.3 Å². The van der Waals surface area contributed by atoms with E-state index in [2.05, 4.69) is 11.0 Å². The van der Waals surface area contributed by atoms with E-state index in [9.17, 15) is 4.79 Å². The molecule has 1 N–H and O–H groups in total. The standard InChI is InChI=1S/C22H30N2O4/c1-17(4-3-5-18(2)15-25)12-22(26)24-10-8-23(9-11-24)14-19-6-7-20-21(13-19)28-16-27-20/h5-7,12-13,25H,3-4,8-11,14-16H2,1-2H3. The third kappa shape index (κ3) is 5.59. The fourth-order valence-electron chi connectivity index (χ4n) is 3.41. The van der Waals surface area contributed by atoms with Gasteiger partial charge in [-0.15, -0.1) is 0 Å². The molecule has 2 aliphatic heterocycles. The molecule has 0 aromatic heterocycles. The lowest BCUT2D eigenvalue weighted by molar-refractivity contribution is -0.127. The lowest BCUT2D eigenvalue weighted by Gasteiger charge is -2.34. The number of hydrogen-bond acceptors (Lipinski definition) is 5. The van der Waals surface area contributed by atoms with Crippen LogP contribution in [-0.4, -0.2) is 60.4 Å². The lowest BCUT2D eigenvalue weighted by Crippen LogP contribution is -2.47. The van der Waals surface area contributed by atoms with Crippen LogP contribution in [0, 0.1) is 0 Å². The van der Waals surface area contributed by atoms with Crippen molar-refractivity contribution in [1.29, 1.82) is 0 Å². The average Bonchev–Trinajstić information content (AvgIpc) is 3.16. The minimum atomic E-state index is 0.0955. The summed E-state index contributed by atoms with van der Waals surface area (Å²) in [5.74, 6) is 1.72. The molecule has 1 aromatic rings. The molecule has 1 amide bonds. The summed E-state index contributed by atoms with van der Waals surface area (Å²) in [6, 6.07) is 6.07. The Morgan fingerprint density at radius 3 is 2.61 bits per heavy atom. The Hall–Kier alpha value is -2.31. The number of benzene rings is 1. The number of allylic oxidation sites excluding steroid dienone is 2. The third-order valence-electron chi connectivity index (χ3n) is 5.18. The van der Waals surface area contributed by atoms with Gasteiger partial charge in [0, 0.05) is 38.8 Å². The van der Waals surface area contributed by atoms with Gasteiger partial charge in [0.25, 0.3) is 0 Å². The van der Waals surface area contributed by atoms with Crippen molar-refractivity contribution in [2.45, 2.75) is 33.2 Å². The number of aliphatic hydroxyl groups is 1. The van der Waals surface area contributed by atoms with Crippen molar-refractivity contribution in [2.75, 3.05) is 39.6 Å². The first-order valence-corrected chi connectivity index (χ1v) is 9.88. The predicted molar refractivity (Wildman–Crippen MR) is 108 cm³/mol. The molecule has 0 radical (unpaired) electrons. The van der Waals surface area contributed by atoms with Crippen molar-refractivity contribution < 1.29 is 19.4 Å². The van der Waals surface area contributed by atoms with Gasteiger partial charge in [-0.3, -0.25) is 9.69 Å². The van der Waals surface area contributed by atoms with Crippen LogP contribution in [0.25, 0.3) is 0 Å². The Morgan fingerprint density at radius 2 is 1.86 bits per heavy atom. The number of carbonyl (C=O) groups excluding carboxylic acids is 1. The number of fused-ring (bicyclic) bond motifs is 1. The molecule has 28 heavy (non-hydrogen) atoms. The monoisotopic (exact) mass is 386 g/mol. The zero-order chi connectivity index (χ0) is 19.9. The fraction of sp³-hybridized carbons (Fsp3) is 0.500. The number of hydrogen-bond donors (Lipinski definition) is 1. The van der Waals surface area contributed by atoms with Gasteiger partial charge >= 0.3 is 0 Å². The number of rotatable bonds is 7. The molecule has 0 bridgehead atoms. The van der Waals surface area contributed by atoms with E-state index in [1.165, 1.54) is 5.56 Å². The van der Waals surface area contributed by atoms with Crippen LogP contribution in [0.5, 0.6) is 11.5 Å². The highest BCUT2D eigenvalue weighted by Crippen LogP contribution is 2.32. The zero-order valence-electron chi connectivity index (χ0n) is 16.8. The van der Waals surface area contributed by atoms with Crippen molar-refractivity contribution in [3.05, 3.63) is 47.1 Å². The first-order chi connectivity index (χ1) is 13.5. The van der Waals surface area contributed by atoms with Gasteiger partial charge < -0.3 is 19.5 Å². The second kappa shape index (κ2) is 9.75. The van der Waals surface area contributed by atoms with Gasteiger partial charge in [-0.25, -0.2) is 0 Å². The highest BCUT2D eigenvalue weighted by Gasteiger charge is 2.21. The molecule has 0 saturated carbocycles. The molecule has 6 nitrogen and oxygen atoms in total. The van der Waals surface area contributed by atoms with Crippen molar-refractivity contribution in [3.8, 4) is 11.5 Å². The Kier molecular flexibility index (Phi) is 7.12. The van der Waals surface area contributed by atoms with Crippen LogP contribution in [0.3, 0.4) is 0 Å². The Labute approximate surface area is 167 Å². The number of ether oxygens (including phenoxy) is 2. The van der Waals surface area contributed by atoms with Crippen molar-refractivity contribution in [2.24, 2.45) is 0 Å². The van der Waals surface area contributed by atoms with E-state index >= 15 is 0 Å². The van der Waals surface area contributed by atoms with Crippen molar-refractivity contribution in [3.63, 3.8) is 0 Å². The van der Waals surface area contributed by atoms with Crippen LogP contribution >= 0.6 is 0 Å². The van der Waals surface area contributed by atoms with Crippen molar-refractivity contribution >= 4 is 5.91 Å². The molecule has 3 rings (SSSR count). The molecule has 0 unspecified atom stereocenters. The zero-order valence-corrected chi connectivity index (χ0v) is 16.8. The summed E-state index contributed by atoms with van der Waals surface area (Å²) in [5.41, 5.74) is 3.25.